The molecule has 70 heavy (non-hydrogen) atoms. The van der Waals surface area contributed by atoms with Gasteiger partial charge in [0.15, 0.2) is 5.69 Å². The van der Waals surface area contributed by atoms with Crippen LogP contribution in [0.15, 0.2) is 36.5 Å². The van der Waals surface area contributed by atoms with Crippen molar-refractivity contribution >= 4 is 28.0 Å². The highest BCUT2D eigenvalue weighted by Gasteiger charge is 2.09. The first-order valence-corrected chi connectivity index (χ1v) is 36.1. The van der Waals surface area contributed by atoms with Crippen molar-refractivity contribution in [3.63, 3.8) is 0 Å². The average molecular weight is 1050 g/mol. The van der Waals surface area contributed by atoms with Gasteiger partial charge in [0.05, 0.1) is 0 Å². The quantitative estimate of drug-likeness (QED) is 0.0157. The van der Waals surface area contributed by atoms with E-state index in [1.807, 2.05) is 0 Å². The molecule has 0 atom stereocenters. The van der Waals surface area contributed by atoms with Gasteiger partial charge in [-0.1, -0.05) is 270 Å². The minimum atomic E-state index is -2.86. The molecule has 0 fully saturated rings. The van der Waals surface area contributed by atoms with E-state index in [-0.39, 0.29) is 10.1 Å². The van der Waals surface area contributed by atoms with Gasteiger partial charge in [-0.15, -0.1) is 10.1 Å². The number of unbranched alkanes of at least 4 members (excludes halogenated alkanes) is 38. The maximum atomic E-state index is 9.47. The van der Waals surface area contributed by atoms with Crippen molar-refractivity contribution in [2.75, 3.05) is 31.1 Å². The summed E-state index contributed by atoms with van der Waals surface area (Å²) in [5, 5.41) is 0. The zero-order valence-electron chi connectivity index (χ0n) is 48.5. The topological polar surface area (TPSA) is 119 Å². The third-order valence-electron chi connectivity index (χ3n) is 13.0. The lowest BCUT2D eigenvalue weighted by Gasteiger charge is -2.15. The number of rotatable bonds is 51. The fourth-order valence-corrected chi connectivity index (χ4v) is 13.8. The molecule has 0 saturated heterocycles. The SMILES string of the molecule is CCCCCCCCC=CCCCCCCCCN.CCCCCCCCC=CCCCCCCCCN.CCCCCCCCC=CCCCCCCCCN.CCCCS(CCCC)=P(O)(O)S. The van der Waals surface area contributed by atoms with E-state index in [1.165, 1.54) is 270 Å². The molecule has 0 heterocycles. The van der Waals surface area contributed by atoms with Crippen molar-refractivity contribution in [3.05, 3.63) is 36.5 Å². The predicted molar refractivity (Wildman–Crippen MR) is 333 cm³/mol. The van der Waals surface area contributed by atoms with Crippen LogP contribution in [-0.4, -0.2) is 40.9 Å². The van der Waals surface area contributed by atoms with Crippen LogP contribution in [0.25, 0.3) is 0 Å². The fourth-order valence-electron chi connectivity index (χ4n) is 8.14. The van der Waals surface area contributed by atoms with Gasteiger partial charge in [-0.2, -0.15) is 0 Å². The molecular weight excluding hydrogens is 914 g/mol. The fraction of sp³-hybridized carbons (Fsp3) is 0.903. The van der Waals surface area contributed by atoms with Crippen LogP contribution in [0.5, 0.6) is 0 Å². The minimum absolute atomic E-state index is 0.255. The summed E-state index contributed by atoms with van der Waals surface area (Å²) < 4.78 is 0. The van der Waals surface area contributed by atoms with E-state index in [0.717, 1.165) is 56.8 Å². The van der Waals surface area contributed by atoms with Gasteiger partial charge in [0.1, 0.15) is 0 Å². The van der Waals surface area contributed by atoms with Crippen molar-refractivity contribution in [1.29, 1.82) is 0 Å². The highest BCUT2D eigenvalue weighted by molar-refractivity contribution is 8.65. The molecule has 0 aromatic carbocycles. The van der Waals surface area contributed by atoms with Gasteiger partial charge in [-0.3, -0.25) is 0 Å². The highest BCUT2D eigenvalue weighted by Crippen LogP contribution is 2.47. The summed E-state index contributed by atoms with van der Waals surface area (Å²) in [6.45, 7) is 13.7. The molecule has 424 valence electrons. The summed E-state index contributed by atoms with van der Waals surface area (Å²) in [6.07, 6.45) is 76.0. The van der Waals surface area contributed by atoms with E-state index in [4.69, 9.17) is 17.2 Å². The Hall–Kier alpha value is 0.150. The number of hydrogen-bond acceptors (Lipinski definition) is 3. The Kier molecular flexibility index (Phi) is 80.4. The lowest BCUT2D eigenvalue weighted by Crippen LogP contribution is -2.03. The molecule has 5 nitrogen and oxygen atoms in total. The molecule has 0 aliphatic rings. The molecule has 0 unspecified atom stereocenters. The normalized spacial score (nSPS) is 11.7. The summed E-state index contributed by atoms with van der Waals surface area (Å²) in [5.41, 5.74) is 13.6. The van der Waals surface area contributed by atoms with Gasteiger partial charge in [0.2, 0.25) is 0 Å². The maximum absolute atomic E-state index is 9.47. The van der Waals surface area contributed by atoms with Crippen LogP contribution in [0.4, 0.5) is 0 Å². The lowest BCUT2D eigenvalue weighted by atomic mass is 10.1. The molecule has 0 amide bonds. The first-order valence-electron chi connectivity index (χ1n) is 31.1. The van der Waals surface area contributed by atoms with Crippen molar-refractivity contribution in [3.8, 4) is 0 Å². The predicted octanol–water partition coefficient (Wildman–Crippen LogP) is 20.7. The van der Waals surface area contributed by atoms with Gasteiger partial charge in [0.25, 0.3) is 0 Å². The number of hydrogen-bond donors (Lipinski definition) is 6. The van der Waals surface area contributed by atoms with Gasteiger partial charge < -0.3 is 27.0 Å². The first kappa shape index (κ1) is 76.7. The van der Waals surface area contributed by atoms with E-state index < -0.39 is 5.69 Å². The Labute approximate surface area is 450 Å². The zero-order chi connectivity index (χ0) is 52.4. The molecule has 8 N–H and O–H groups in total. The Bertz CT molecular complexity index is 937. The molecule has 0 rings (SSSR count). The molecule has 0 aliphatic carbocycles. The van der Waals surface area contributed by atoms with Crippen molar-refractivity contribution in [1.82, 2.24) is 0 Å². The second kappa shape index (κ2) is 73.4. The molecule has 0 bridgehead atoms. The average Bonchev–Trinajstić information content (AvgIpc) is 3.35. The Balaban J connectivity index is -0.000000419. The van der Waals surface area contributed by atoms with E-state index >= 15 is 0 Å². The van der Waals surface area contributed by atoms with Crippen LogP contribution in [0, 0.1) is 0 Å². The molecule has 0 spiro atoms. The van der Waals surface area contributed by atoms with Crippen LogP contribution in [0.1, 0.15) is 330 Å². The lowest BCUT2D eigenvalue weighted by molar-refractivity contribution is 0.502. The molecule has 0 radical (unpaired) electrons. The summed E-state index contributed by atoms with van der Waals surface area (Å²) in [7, 11) is -0.255. The second-order valence-corrected chi connectivity index (χ2v) is 28.6. The van der Waals surface area contributed by atoms with Crippen molar-refractivity contribution < 1.29 is 9.79 Å². The molecular formula is C62H132N3O2PS2. The van der Waals surface area contributed by atoms with Crippen LogP contribution in [-0.2, 0) is 10.1 Å². The van der Waals surface area contributed by atoms with Gasteiger partial charge in [-0.05, 0) is 140 Å². The van der Waals surface area contributed by atoms with Crippen LogP contribution >= 0.6 is 17.9 Å². The highest BCUT2D eigenvalue weighted by atomic mass is 32.9. The summed E-state index contributed by atoms with van der Waals surface area (Å²) >= 11 is 3.93. The summed E-state index contributed by atoms with van der Waals surface area (Å²) in [5.74, 6) is 1.86. The second-order valence-electron chi connectivity index (χ2n) is 20.3. The van der Waals surface area contributed by atoms with Crippen LogP contribution < -0.4 is 17.2 Å². The van der Waals surface area contributed by atoms with Crippen molar-refractivity contribution in [2.45, 2.75) is 330 Å². The van der Waals surface area contributed by atoms with E-state index in [2.05, 4.69) is 83.3 Å². The molecule has 0 aromatic heterocycles. The Morgan fingerprint density at radius 3 is 0.629 bits per heavy atom. The molecule has 0 aromatic rings. The van der Waals surface area contributed by atoms with E-state index in [1.54, 1.807) is 0 Å². The largest absolute Gasteiger partial charge is 0.341 e. The number of allylic oxidation sites excluding steroid dienone is 6. The number of nitrogens with two attached hydrogens (primary N) is 3. The third-order valence-corrected chi connectivity index (χ3v) is 20.4. The smallest absolute Gasteiger partial charge is 0.198 e. The Morgan fingerprint density at radius 1 is 0.286 bits per heavy atom. The summed E-state index contributed by atoms with van der Waals surface area (Å²) in [4.78, 5) is 18.9. The molecule has 0 aliphatic heterocycles. The van der Waals surface area contributed by atoms with E-state index in [9.17, 15) is 9.79 Å². The van der Waals surface area contributed by atoms with Gasteiger partial charge >= 0.3 is 0 Å². The van der Waals surface area contributed by atoms with Gasteiger partial charge in [0, 0.05) is 0 Å². The molecule has 8 heteroatoms. The monoisotopic (exact) mass is 1050 g/mol. The third kappa shape index (κ3) is 79.6. The maximum Gasteiger partial charge on any atom is 0.198 e. The van der Waals surface area contributed by atoms with Crippen LogP contribution in [0.3, 0.4) is 0 Å². The number of thiol groups is 1. The minimum Gasteiger partial charge on any atom is -0.341 e. The van der Waals surface area contributed by atoms with Crippen molar-refractivity contribution in [2.24, 2.45) is 17.2 Å². The Morgan fingerprint density at radius 2 is 0.457 bits per heavy atom. The van der Waals surface area contributed by atoms with Gasteiger partial charge in [-0.25, -0.2) is 0 Å². The molecule has 0 saturated carbocycles. The van der Waals surface area contributed by atoms with Crippen LogP contribution in [0.2, 0.25) is 0 Å². The zero-order valence-corrected chi connectivity index (χ0v) is 51.1. The first-order chi connectivity index (χ1) is 34.3. The summed E-state index contributed by atoms with van der Waals surface area (Å²) in [6, 6.07) is 0. The standard InChI is InChI=1S/3C18H37N.C8H21O2PS2/c3*1-2-3-4-5-6-7-8-9-10-11-12-13-14-15-16-17-18-19;1-3-5-7-13(8-6-4-2)11(9,10)12/h3*9-10H,2-8,11-19H2,1H3;9-10,12H,3-8H2,1-2H3. The van der Waals surface area contributed by atoms with E-state index in [0.29, 0.717) is 0 Å².